The summed E-state index contributed by atoms with van der Waals surface area (Å²) in [7, 11) is -3.57. The third-order valence-corrected chi connectivity index (χ3v) is 6.22. The zero-order valence-corrected chi connectivity index (χ0v) is 17.8. The number of carbonyl (C=O) groups is 1. The molecule has 2 aromatic rings. The number of sulfonamides is 1. The van der Waals surface area contributed by atoms with Gasteiger partial charge in [0.1, 0.15) is 6.54 Å². The number of nitrogens with zero attached hydrogens (tertiary/aromatic N) is 1. The molecule has 0 unspecified atom stereocenters. The molecule has 0 saturated carbocycles. The second-order valence-corrected chi connectivity index (χ2v) is 9.60. The van der Waals surface area contributed by atoms with Gasteiger partial charge >= 0.3 is 0 Å². The van der Waals surface area contributed by atoms with Gasteiger partial charge in [-0.2, -0.15) is 0 Å². The van der Waals surface area contributed by atoms with E-state index in [0.29, 0.717) is 12.2 Å². The van der Waals surface area contributed by atoms with E-state index in [1.54, 1.807) is 11.8 Å². The predicted octanol–water partition coefficient (Wildman–Crippen LogP) is 3.29. The number of nitrogens with one attached hydrogen (secondary N) is 1. The summed E-state index contributed by atoms with van der Waals surface area (Å²) < 4.78 is 25.7. The van der Waals surface area contributed by atoms with E-state index in [1.807, 2.05) is 51.1 Å². The molecule has 2 rings (SSSR count). The van der Waals surface area contributed by atoms with Gasteiger partial charge in [-0.05, 0) is 44.0 Å². The van der Waals surface area contributed by atoms with Crippen LogP contribution >= 0.6 is 11.8 Å². The molecule has 0 bridgehead atoms. The molecule has 146 valence electrons. The van der Waals surface area contributed by atoms with Crippen LogP contribution in [0.3, 0.4) is 0 Å². The van der Waals surface area contributed by atoms with Crippen LogP contribution in [0.2, 0.25) is 0 Å². The summed E-state index contributed by atoms with van der Waals surface area (Å²) in [6, 6.07) is 13.8. The van der Waals surface area contributed by atoms with Crippen LogP contribution in [-0.4, -0.2) is 39.4 Å². The summed E-state index contributed by atoms with van der Waals surface area (Å²) in [5.41, 5.74) is 3.43. The molecule has 2 aromatic carbocycles. The van der Waals surface area contributed by atoms with Crippen LogP contribution in [0, 0.1) is 20.8 Å². The quantitative estimate of drug-likeness (QED) is 0.540. The van der Waals surface area contributed by atoms with Gasteiger partial charge in [0, 0.05) is 17.2 Å². The Kier molecular flexibility index (Phi) is 7.33. The van der Waals surface area contributed by atoms with Gasteiger partial charge in [0.05, 0.1) is 11.9 Å². The summed E-state index contributed by atoms with van der Waals surface area (Å²) >= 11 is 1.65. The fraction of sp³-hybridized carbons (Fsp3) is 0.350. The van der Waals surface area contributed by atoms with E-state index >= 15 is 0 Å². The highest BCUT2D eigenvalue weighted by atomic mass is 32.2. The van der Waals surface area contributed by atoms with Crippen molar-refractivity contribution in [1.82, 2.24) is 5.32 Å². The number of aryl methyl sites for hydroxylation is 3. The molecule has 1 N–H and O–H groups in total. The van der Waals surface area contributed by atoms with Gasteiger partial charge in [-0.15, -0.1) is 11.8 Å². The van der Waals surface area contributed by atoms with Crippen molar-refractivity contribution in [1.29, 1.82) is 0 Å². The summed E-state index contributed by atoms with van der Waals surface area (Å²) in [5, 5.41) is 2.81. The number of carbonyl (C=O) groups excluding carboxylic acids is 1. The average molecular weight is 407 g/mol. The Morgan fingerprint density at radius 2 is 1.63 bits per heavy atom. The summed E-state index contributed by atoms with van der Waals surface area (Å²) in [4.78, 5) is 13.5. The van der Waals surface area contributed by atoms with E-state index in [9.17, 15) is 13.2 Å². The monoisotopic (exact) mass is 406 g/mol. The molecule has 0 saturated heterocycles. The van der Waals surface area contributed by atoms with Crippen molar-refractivity contribution >= 4 is 33.4 Å². The summed E-state index contributed by atoms with van der Waals surface area (Å²) in [6.45, 7) is 5.98. The number of rotatable bonds is 8. The Bertz CT molecular complexity index is 874. The Morgan fingerprint density at radius 3 is 2.19 bits per heavy atom. The number of anilines is 1. The van der Waals surface area contributed by atoms with Gasteiger partial charge in [-0.1, -0.05) is 35.9 Å². The minimum atomic E-state index is -3.57. The first-order chi connectivity index (χ1) is 12.7. The Balaban J connectivity index is 1.95. The first kappa shape index (κ1) is 21.3. The Morgan fingerprint density at radius 1 is 1.04 bits per heavy atom. The third-order valence-electron chi connectivity index (χ3n) is 4.09. The van der Waals surface area contributed by atoms with E-state index in [-0.39, 0.29) is 12.5 Å². The molecule has 1 amide bonds. The lowest BCUT2D eigenvalue weighted by Gasteiger charge is -2.25. The number of benzene rings is 2. The fourth-order valence-corrected chi connectivity index (χ4v) is 4.48. The van der Waals surface area contributed by atoms with E-state index in [4.69, 9.17) is 0 Å². The highest BCUT2D eigenvalue weighted by Gasteiger charge is 2.23. The van der Waals surface area contributed by atoms with Crippen molar-refractivity contribution in [3.05, 3.63) is 59.2 Å². The molecule has 7 heteroatoms. The smallest absolute Gasteiger partial charge is 0.240 e. The summed E-state index contributed by atoms with van der Waals surface area (Å²) in [6.07, 6.45) is 1.12. The topological polar surface area (TPSA) is 66.5 Å². The van der Waals surface area contributed by atoms with Gasteiger partial charge in [0.2, 0.25) is 15.9 Å². The first-order valence-electron chi connectivity index (χ1n) is 8.68. The maximum absolute atomic E-state index is 12.3. The lowest BCUT2D eigenvalue weighted by atomic mass is 10.1. The zero-order chi connectivity index (χ0) is 20.0. The molecule has 0 aliphatic carbocycles. The standard InChI is InChI=1S/C20H26N2O3S2/c1-15-8-10-18(11-9-15)26-13-12-21-19(23)14-22(27(4,24)25)20-16(2)6-5-7-17(20)3/h5-11H,12-14H2,1-4H3,(H,21,23). The molecule has 0 atom stereocenters. The van der Waals surface area contributed by atoms with E-state index < -0.39 is 10.0 Å². The van der Waals surface area contributed by atoms with Gasteiger partial charge < -0.3 is 5.32 Å². The van der Waals surface area contributed by atoms with Crippen LogP contribution in [0.15, 0.2) is 47.4 Å². The lowest BCUT2D eigenvalue weighted by Crippen LogP contribution is -2.41. The van der Waals surface area contributed by atoms with Crippen LogP contribution in [0.5, 0.6) is 0 Å². The predicted molar refractivity (Wildman–Crippen MR) is 113 cm³/mol. The Labute approximate surface area is 166 Å². The number of hydrogen-bond donors (Lipinski definition) is 1. The van der Waals surface area contributed by atoms with Crippen LogP contribution in [0.4, 0.5) is 5.69 Å². The molecule has 0 aliphatic rings. The molecule has 5 nitrogen and oxygen atoms in total. The van der Waals surface area contributed by atoms with Gasteiger partial charge in [0.15, 0.2) is 0 Å². The number of hydrogen-bond acceptors (Lipinski definition) is 4. The second-order valence-electron chi connectivity index (χ2n) is 6.52. The van der Waals surface area contributed by atoms with Gasteiger partial charge in [-0.25, -0.2) is 8.42 Å². The minimum Gasteiger partial charge on any atom is -0.354 e. The SMILES string of the molecule is Cc1ccc(SCCNC(=O)CN(c2c(C)cccc2C)S(C)(=O)=O)cc1. The molecule has 0 radical (unpaired) electrons. The third kappa shape index (κ3) is 6.29. The van der Waals surface area contributed by atoms with Crippen molar-refractivity contribution in [2.24, 2.45) is 0 Å². The molecule has 0 aromatic heterocycles. The van der Waals surface area contributed by atoms with Crippen LogP contribution in [0.1, 0.15) is 16.7 Å². The molecule has 27 heavy (non-hydrogen) atoms. The minimum absolute atomic E-state index is 0.222. The molecule has 0 fully saturated rings. The Hall–Kier alpha value is -1.99. The van der Waals surface area contributed by atoms with Crippen molar-refractivity contribution in [2.75, 3.05) is 29.4 Å². The van der Waals surface area contributed by atoms with E-state index in [2.05, 4.69) is 17.4 Å². The average Bonchev–Trinajstić information content (AvgIpc) is 2.58. The summed E-state index contributed by atoms with van der Waals surface area (Å²) in [5.74, 6) is 0.407. The molecule has 0 spiro atoms. The van der Waals surface area contributed by atoms with Crippen molar-refractivity contribution in [3.8, 4) is 0 Å². The highest BCUT2D eigenvalue weighted by Crippen LogP contribution is 2.26. The fourth-order valence-electron chi connectivity index (χ4n) is 2.74. The van der Waals surface area contributed by atoms with Crippen LogP contribution < -0.4 is 9.62 Å². The van der Waals surface area contributed by atoms with Crippen molar-refractivity contribution in [2.45, 2.75) is 25.7 Å². The largest absolute Gasteiger partial charge is 0.354 e. The number of thioether (sulfide) groups is 1. The van der Waals surface area contributed by atoms with E-state index in [1.165, 1.54) is 9.87 Å². The number of amides is 1. The number of para-hydroxylation sites is 1. The van der Waals surface area contributed by atoms with Crippen molar-refractivity contribution < 1.29 is 13.2 Å². The molecule has 0 aliphatic heterocycles. The molecule has 0 heterocycles. The zero-order valence-electron chi connectivity index (χ0n) is 16.2. The van der Waals surface area contributed by atoms with Gasteiger partial charge in [-0.3, -0.25) is 9.10 Å². The van der Waals surface area contributed by atoms with Crippen molar-refractivity contribution in [3.63, 3.8) is 0 Å². The van der Waals surface area contributed by atoms with Gasteiger partial charge in [0.25, 0.3) is 0 Å². The maximum atomic E-state index is 12.3. The molecular weight excluding hydrogens is 380 g/mol. The van der Waals surface area contributed by atoms with Crippen LogP contribution in [-0.2, 0) is 14.8 Å². The molecular formula is C20H26N2O3S2. The normalized spacial score (nSPS) is 11.3. The second kappa shape index (κ2) is 9.28. The highest BCUT2D eigenvalue weighted by molar-refractivity contribution is 7.99. The van der Waals surface area contributed by atoms with E-state index in [0.717, 1.165) is 28.0 Å². The van der Waals surface area contributed by atoms with Crippen LogP contribution in [0.25, 0.3) is 0 Å². The lowest BCUT2D eigenvalue weighted by molar-refractivity contribution is -0.119. The maximum Gasteiger partial charge on any atom is 0.240 e. The first-order valence-corrected chi connectivity index (χ1v) is 11.5.